The van der Waals surface area contributed by atoms with E-state index < -0.39 is 38.6 Å². The van der Waals surface area contributed by atoms with Crippen molar-refractivity contribution in [1.29, 1.82) is 0 Å². The highest BCUT2D eigenvalue weighted by Crippen LogP contribution is 2.34. The Morgan fingerprint density at radius 1 is 1.14 bits per heavy atom. The summed E-state index contributed by atoms with van der Waals surface area (Å²) in [7, 11) is -3.19. The second-order valence-electron chi connectivity index (χ2n) is 6.03. The van der Waals surface area contributed by atoms with E-state index >= 15 is 0 Å². The fourth-order valence-corrected chi connectivity index (χ4v) is 3.88. The number of carbonyl (C=O) groups excluding carboxylic acids is 1. The zero-order chi connectivity index (χ0) is 21.1. The number of hydrogen-bond donors (Lipinski definition) is 2. The number of halogens is 3. The highest BCUT2D eigenvalue weighted by atomic mass is 32.2. The number of aryl methyl sites for hydroxylation is 1. The molecule has 0 fully saturated rings. The molecule has 0 aliphatic rings. The first-order valence-electron chi connectivity index (χ1n) is 8.10. The molecule has 28 heavy (non-hydrogen) atoms. The quantitative estimate of drug-likeness (QED) is 0.757. The normalized spacial score (nSPS) is 13.1. The summed E-state index contributed by atoms with van der Waals surface area (Å²) in [5.41, 5.74) is -0.173. The molecule has 2 rings (SSSR count). The minimum atomic E-state index is -4.86. The Kier molecular flexibility index (Phi) is 6.35. The maximum absolute atomic E-state index is 13.1. The van der Waals surface area contributed by atoms with Crippen molar-refractivity contribution >= 4 is 21.6 Å². The lowest BCUT2D eigenvalue weighted by Crippen LogP contribution is -2.42. The highest BCUT2D eigenvalue weighted by Gasteiger charge is 2.37. The smallest absolute Gasteiger partial charge is 0.417 e. The van der Waals surface area contributed by atoms with Crippen molar-refractivity contribution in [2.75, 3.05) is 12.4 Å². The number of nitrogens with one attached hydrogen (secondary N) is 2. The van der Waals surface area contributed by atoms with Gasteiger partial charge in [0.1, 0.15) is 5.75 Å². The number of carbonyl (C=O) groups is 1. The van der Waals surface area contributed by atoms with Crippen molar-refractivity contribution in [3.8, 4) is 5.75 Å². The molecule has 1 atom stereocenters. The molecule has 0 aromatic heterocycles. The SMILES string of the molecule is COc1ccc(C)cc1NC(=O)C(C)NS(=O)(=O)c1ccccc1C(F)(F)F. The summed E-state index contributed by atoms with van der Waals surface area (Å²) in [6.45, 7) is 3.01. The number of anilines is 1. The van der Waals surface area contributed by atoms with Gasteiger partial charge in [-0.05, 0) is 43.7 Å². The second-order valence-corrected chi connectivity index (χ2v) is 7.71. The second kappa shape index (κ2) is 8.19. The lowest BCUT2D eigenvalue weighted by molar-refractivity contribution is -0.139. The Bertz CT molecular complexity index is 975. The Morgan fingerprint density at radius 2 is 1.79 bits per heavy atom. The van der Waals surface area contributed by atoms with E-state index in [0.29, 0.717) is 17.5 Å². The predicted octanol–water partition coefficient (Wildman–Crippen LogP) is 3.33. The summed E-state index contributed by atoms with van der Waals surface area (Å²) in [4.78, 5) is 11.4. The van der Waals surface area contributed by atoms with Gasteiger partial charge in [-0.15, -0.1) is 0 Å². The molecular weight excluding hydrogens is 397 g/mol. The van der Waals surface area contributed by atoms with Gasteiger partial charge in [0.2, 0.25) is 15.9 Å². The van der Waals surface area contributed by atoms with E-state index in [9.17, 15) is 26.4 Å². The third-order valence-corrected chi connectivity index (χ3v) is 5.42. The van der Waals surface area contributed by atoms with Crippen molar-refractivity contribution in [3.63, 3.8) is 0 Å². The van der Waals surface area contributed by atoms with Crippen molar-refractivity contribution in [2.24, 2.45) is 0 Å². The van der Waals surface area contributed by atoms with Gasteiger partial charge >= 0.3 is 6.18 Å². The fraction of sp³-hybridized carbons (Fsp3) is 0.278. The molecule has 0 spiro atoms. The van der Waals surface area contributed by atoms with E-state index in [1.54, 1.807) is 25.1 Å². The van der Waals surface area contributed by atoms with Gasteiger partial charge in [0.05, 0.1) is 29.3 Å². The van der Waals surface area contributed by atoms with Crippen LogP contribution in [0.25, 0.3) is 0 Å². The van der Waals surface area contributed by atoms with Crippen molar-refractivity contribution in [3.05, 3.63) is 53.6 Å². The van der Waals surface area contributed by atoms with Gasteiger partial charge in [-0.2, -0.15) is 17.9 Å². The first-order valence-corrected chi connectivity index (χ1v) is 9.58. The summed E-state index contributed by atoms with van der Waals surface area (Å²) in [6.07, 6.45) is -4.86. The molecule has 2 aromatic carbocycles. The Hall–Kier alpha value is -2.59. The molecule has 0 saturated heterocycles. The van der Waals surface area contributed by atoms with Gasteiger partial charge in [-0.3, -0.25) is 4.79 Å². The molecular formula is C18H19F3N2O4S. The average molecular weight is 416 g/mol. The third-order valence-electron chi connectivity index (χ3n) is 3.82. The Balaban J connectivity index is 2.24. The lowest BCUT2D eigenvalue weighted by atomic mass is 10.2. The number of hydrogen-bond acceptors (Lipinski definition) is 4. The van der Waals surface area contributed by atoms with Crippen LogP contribution in [-0.2, 0) is 21.0 Å². The van der Waals surface area contributed by atoms with Gasteiger partial charge in [0, 0.05) is 0 Å². The number of sulfonamides is 1. The van der Waals surface area contributed by atoms with Crippen molar-refractivity contribution in [2.45, 2.75) is 31.0 Å². The van der Waals surface area contributed by atoms with Crippen LogP contribution in [0.4, 0.5) is 18.9 Å². The van der Waals surface area contributed by atoms with Crippen LogP contribution in [0.5, 0.6) is 5.75 Å². The molecule has 0 aliphatic carbocycles. The predicted molar refractivity (Wildman–Crippen MR) is 97.6 cm³/mol. The number of amides is 1. The number of benzene rings is 2. The molecule has 0 heterocycles. The summed E-state index contributed by atoms with van der Waals surface area (Å²) >= 11 is 0. The van der Waals surface area contributed by atoms with Gasteiger partial charge < -0.3 is 10.1 Å². The van der Waals surface area contributed by atoms with Crippen LogP contribution in [0.15, 0.2) is 47.4 Å². The Labute approximate surface area is 160 Å². The molecule has 10 heteroatoms. The van der Waals surface area contributed by atoms with Crippen LogP contribution in [0, 0.1) is 6.92 Å². The maximum atomic E-state index is 13.1. The summed E-state index contributed by atoms with van der Waals surface area (Å²) in [6, 6.07) is 7.42. The molecule has 1 amide bonds. The topological polar surface area (TPSA) is 84.5 Å². The van der Waals surface area contributed by atoms with Gasteiger partial charge in [-0.25, -0.2) is 8.42 Å². The molecule has 1 unspecified atom stereocenters. The summed E-state index contributed by atoms with van der Waals surface area (Å²) < 4.78 is 71.3. The van der Waals surface area contributed by atoms with Crippen LogP contribution in [0.2, 0.25) is 0 Å². The molecule has 6 nitrogen and oxygen atoms in total. The van der Waals surface area contributed by atoms with E-state index in [0.717, 1.165) is 17.7 Å². The first kappa shape index (κ1) is 21.7. The zero-order valence-electron chi connectivity index (χ0n) is 15.3. The van der Waals surface area contributed by atoms with Gasteiger partial charge in [0.15, 0.2) is 0 Å². The molecule has 0 bridgehead atoms. The fourth-order valence-electron chi connectivity index (χ4n) is 2.45. The van der Waals surface area contributed by atoms with E-state index in [4.69, 9.17) is 4.74 Å². The molecule has 0 aliphatic heterocycles. The third kappa shape index (κ3) is 5.02. The maximum Gasteiger partial charge on any atom is 0.417 e. The number of ether oxygens (including phenoxy) is 1. The van der Waals surface area contributed by atoms with E-state index in [2.05, 4.69) is 5.32 Å². The largest absolute Gasteiger partial charge is 0.495 e. The van der Waals surface area contributed by atoms with Crippen LogP contribution < -0.4 is 14.8 Å². The standard InChI is InChI=1S/C18H19F3N2O4S/c1-11-8-9-15(27-3)14(10-11)22-17(24)12(2)23-28(25,26)16-7-5-4-6-13(16)18(19,20)21/h4-10,12,23H,1-3H3,(H,22,24). The number of rotatable bonds is 6. The minimum Gasteiger partial charge on any atom is -0.495 e. The van der Waals surface area contributed by atoms with Crippen LogP contribution in [0.1, 0.15) is 18.1 Å². The summed E-state index contributed by atoms with van der Waals surface area (Å²) in [5, 5.41) is 2.51. The van der Waals surface area contributed by atoms with E-state index in [-0.39, 0.29) is 0 Å². The molecule has 152 valence electrons. The van der Waals surface area contributed by atoms with Gasteiger partial charge in [0.25, 0.3) is 0 Å². The van der Waals surface area contributed by atoms with Crippen LogP contribution in [-0.4, -0.2) is 27.5 Å². The van der Waals surface area contributed by atoms with Crippen molar-refractivity contribution < 1.29 is 31.1 Å². The average Bonchev–Trinajstić information content (AvgIpc) is 2.61. The van der Waals surface area contributed by atoms with Crippen LogP contribution >= 0.6 is 0 Å². The highest BCUT2D eigenvalue weighted by molar-refractivity contribution is 7.89. The van der Waals surface area contributed by atoms with E-state index in [1.807, 2.05) is 4.72 Å². The van der Waals surface area contributed by atoms with E-state index in [1.165, 1.54) is 20.1 Å². The molecule has 0 saturated carbocycles. The molecule has 2 N–H and O–H groups in total. The molecule has 0 radical (unpaired) electrons. The number of alkyl halides is 3. The summed E-state index contributed by atoms with van der Waals surface area (Å²) in [5.74, 6) is -0.395. The Morgan fingerprint density at radius 3 is 2.39 bits per heavy atom. The van der Waals surface area contributed by atoms with Crippen molar-refractivity contribution in [1.82, 2.24) is 4.72 Å². The van der Waals surface area contributed by atoms with Gasteiger partial charge in [-0.1, -0.05) is 18.2 Å². The molecule has 2 aromatic rings. The number of methoxy groups -OCH3 is 1. The minimum absolute atomic E-state index is 0.314. The zero-order valence-corrected chi connectivity index (χ0v) is 16.1. The first-order chi connectivity index (χ1) is 13.0. The van der Waals surface area contributed by atoms with Crippen LogP contribution in [0.3, 0.4) is 0 Å². The lowest BCUT2D eigenvalue weighted by Gasteiger charge is -2.18. The monoisotopic (exact) mass is 416 g/mol.